The zero-order valence-corrected chi connectivity index (χ0v) is 11.8. The van der Waals surface area contributed by atoms with Crippen molar-refractivity contribution in [3.05, 3.63) is 58.8 Å². The Morgan fingerprint density at radius 3 is 2.45 bits per heavy atom. The fraction of sp³-hybridized carbons (Fsp3) is 0.0556. The monoisotopic (exact) mass is 292 g/mol. The number of methoxy groups -OCH3 is 1. The highest BCUT2D eigenvalue weighted by atomic mass is 16.5. The van der Waals surface area contributed by atoms with E-state index < -0.39 is 0 Å². The molecule has 0 amide bonds. The Kier molecular flexibility index (Phi) is 2.60. The van der Waals surface area contributed by atoms with Crippen LogP contribution in [0.5, 0.6) is 11.5 Å². The largest absolute Gasteiger partial charge is 0.507 e. The number of ether oxygens (including phenoxy) is 1. The standard InChI is InChI=1S/C18H12O4/c1-21-12-8-14(19)17-16(9-12)22-15-7-11-5-3-2-4-10(11)6-13(15)18(17)20/h2-9,19H,1H3. The zero-order valence-electron chi connectivity index (χ0n) is 11.8. The summed E-state index contributed by atoms with van der Waals surface area (Å²) in [4.78, 5) is 12.7. The van der Waals surface area contributed by atoms with Gasteiger partial charge in [-0.2, -0.15) is 0 Å². The van der Waals surface area contributed by atoms with E-state index in [0.717, 1.165) is 10.8 Å². The van der Waals surface area contributed by atoms with E-state index in [4.69, 9.17) is 9.15 Å². The van der Waals surface area contributed by atoms with Crippen LogP contribution in [0.15, 0.2) is 57.7 Å². The molecule has 0 fully saturated rings. The molecule has 0 saturated heterocycles. The second-order valence-corrected chi connectivity index (χ2v) is 5.15. The number of hydrogen-bond acceptors (Lipinski definition) is 4. The van der Waals surface area contributed by atoms with Crippen LogP contribution in [-0.2, 0) is 0 Å². The number of phenolic OH excluding ortho intramolecular Hbond substituents is 1. The van der Waals surface area contributed by atoms with Crippen LogP contribution in [-0.4, -0.2) is 12.2 Å². The van der Waals surface area contributed by atoms with Gasteiger partial charge in [0, 0.05) is 12.1 Å². The Hall–Kier alpha value is -3.01. The third kappa shape index (κ3) is 1.74. The molecule has 4 aromatic rings. The molecule has 1 N–H and O–H groups in total. The van der Waals surface area contributed by atoms with Crippen LogP contribution in [0.3, 0.4) is 0 Å². The molecular formula is C18H12O4. The van der Waals surface area contributed by atoms with Gasteiger partial charge in [0.05, 0.1) is 12.5 Å². The van der Waals surface area contributed by atoms with Crippen LogP contribution in [0.4, 0.5) is 0 Å². The lowest BCUT2D eigenvalue weighted by molar-refractivity contribution is 0.408. The maximum absolute atomic E-state index is 12.7. The average Bonchev–Trinajstić information content (AvgIpc) is 2.53. The first-order valence-corrected chi connectivity index (χ1v) is 6.84. The first kappa shape index (κ1) is 12.7. The number of aromatic hydroxyl groups is 1. The van der Waals surface area contributed by atoms with Crippen molar-refractivity contribution in [2.24, 2.45) is 0 Å². The highest BCUT2D eigenvalue weighted by Gasteiger charge is 2.14. The van der Waals surface area contributed by atoms with Crippen LogP contribution in [0.1, 0.15) is 0 Å². The van der Waals surface area contributed by atoms with Gasteiger partial charge < -0.3 is 14.3 Å². The van der Waals surface area contributed by atoms with E-state index in [0.29, 0.717) is 22.3 Å². The van der Waals surface area contributed by atoms with Crippen LogP contribution < -0.4 is 10.2 Å². The van der Waals surface area contributed by atoms with E-state index in [-0.39, 0.29) is 16.6 Å². The Bertz CT molecular complexity index is 1090. The summed E-state index contributed by atoms with van der Waals surface area (Å²) in [5.41, 5.74) is 0.552. The molecular weight excluding hydrogens is 280 g/mol. The molecule has 108 valence electrons. The van der Waals surface area contributed by atoms with Gasteiger partial charge in [0.2, 0.25) is 5.43 Å². The third-order valence-corrected chi connectivity index (χ3v) is 3.83. The minimum absolute atomic E-state index is 0.141. The molecule has 0 saturated carbocycles. The summed E-state index contributed by atoms with van der Waals surface area (Å²) in [5, 5.41) is 12.7. The second-order valence-electron chi connectivity index (χ2n) is 5.15. The fourth-order valence-electron chi connectivity index (χ4n) is 2.74. The SMILES string of the molecule is COc1cc(O)c2c(=O)c3cc4ccccc4cc3oc2c1. The Balaban J connectivity index is 2.22. The number of fused-ring (bicyclic) bond motifs is 3. The molecule has 0 unspecified atom stereocenters. The molecule has 0 atom stereocenters. The van der Waals surface area contributed by atoms with E-state index in [1.54, 1.807) is 12.1 Å². The Labute approximate surface area is 125 Å². The normalized spacial score (nSPS) is 11.3. The van der Waals surface area contributed by atoms with E-state index >= 15 is 0 Å². The predicted octanol–water partition coefficient (Wildman–Crippen LogP) is 3.81. The molecule has 0 aliphatic rings. The van der Waals surface area contributed by atoms with Crippen LogP contribution in [0.2, 0.25) is 0 Å². The van der Waals surface area contributed by atoms with E-state index in [9.17, 15) is 9.90 Å². The third-order valence-electron chi connectivity index (χ3n) is 3.83. The van der Waals surface area contributed by atoms with Crippen LogP contribution >= 0.6 is 0 Å². The van der Waals surface area contributed by atoms with Crippen molar-refractivity contribution in [2.75, 3.05) is 7.11 Å². The van der Waals surface area contributed by atoms with Crippen molar-refractivity contribution in [2.45, 2.75) is 0 Å². The molecule has 0 bridgehead atoms. The quantitative estimate of drug-likeness (QED) is 0.542. The maximum Gasteiger partial charge on any atom is 0.204 e. The molecule has 4 nitrogen and oxygen atoms in total. The number of phenols is 1. The van der Waals surface area contributed by atoms with Gasteiger partial charge in [-0.3, -0.25) is 4.79 Å². The Morgan fingerprint density at radius 1 is 1.00 bits per heavy atom. The highest BCUT2D eigenvalue weighted by molar-refractivity contribution is 6.00. The summed E-state index contributed by atoms with van der Waals surface area (Å²) in [7, 11) is 1.49. The van der Waals surface area contributed by atoms with Gasteiger partial charge in [0.15, 0.2) is 0 Å². The molecule has 4 heteroatoms. The van der Waals surface area contributed by atoms with Gasteiger partial charge in [-0.25, -0.2) is 0 Å². The average molecular weight is 292 g/mol. The van der Waals surface area contributed by atoms with Gasteiger partial charge in [-0.1, -0.05) is 24.3 Å². The van der Waals surface area contributed by atoms with E-state index in [1.165, 1.54) is 13.2 Å². The summed E-state index contributed by atoms with van der Waals surface area (Å²) in [5.74, 6) is 0.298. The molecule has 22 heavy (non-hydrogen) atoms. The second kappa shape index (κ2) is 4.49. The van der Waals surface area contributed by atoms with Crippen molar-refractivity contribution >= 4 is 32.7 Å². The predicted molar refractivity (Wildman–Crippen MR) is 85.7 cm³/mol. The minimum Gasteiger partial charge on any atom is -0.507 e. The molecule has 0 aliphatic carbocycles. The molecule has 3 aromatic carbocycles. The van der Waals surface area contributed by atoms with Crippen molar-refractivity contribution in [1.82, 2.24) is 0 Å². The summed E-state index contributed by atoms with van der Waals surface area (Å²) < 4.78 is 10.9. The van der Waals surface area contributed by atoms with Gasteiger partial charge >= 0.3 is 0 Å². The Morgan fingerprint density at radius 2 is 1.73 bits per heavy atom. The molecule has 0 radical (unpaired) electrons. The fourth-order valence-corrected chi connectivity index (χ4v) is 2.74. The first-order valence-electron chi connectivity index (χ1n) is 6.84. The molecule has 4 rings (SSSR count). The topological polar surface area (TPSA) is 59.7 Å². The van der Waals surface area contributed by atoms with Crippen molar-refractivity contribution in [1.29, 1.82) is 0 Å². The van der Waals surface area contributed by atoms with Gasteiger partial charge in [0.1, 0.15) is 28.1 Å². The summed E-state index contributed by atoms with van der Waals surface area (Å²) in [6.45, 7) is 0. The lowest BCUT2D eigenvalue weighted by atomic mass is 10.1. The highest BCUT2D eigenvalue weighted by Crippen LogP contribution is 2.31. The van der Waals surface area contributed by atoms with E-state index in [2.05, 4.69) is 0 Å². The maximum atomic E-state index is 12.7. The first-order chi connectivity index (χ1) is 10.7. The minimum atomic E-state index is -0.248. The van der Waals surface area contributed by atoms with Gasteiger partial charge in [0.25, 0.3) is 0 Å². The van der Waals surface area contributed by atoms with Crippen molar-refractivity contribution in [3.8, 4) is 11.5 Å². The molecule has 1 aromatic heterocycles. The zero-order chi connectivity index (χ0) is 15.3. The lowest BCUT2D eigenvalue weighted by Crippen LogP contribution is -2.02. The van der Waals surface area contributed by atoms with Gasteiger partial charge in [-0.05, 0) is 22.9 Å². The summed E-state index contributed by atoms with van der Waals surface area (Å²) in [6.07, 6.45) is 0. The number of hydrogen-bond donors (Lipinski definition) is 1. The number of benzene rings is 3. The van der Waals surface area contributed by atoms with Gasteiger partial charge in [-0.15, -0.1) is 0 Å². The van der Waals surface area contributed by atoms with Crippen molar-refractivity contribution < 1.29 is 14.3 Å². The lowest BCUT2D eigenvalue weighted by Gasteiger charge is -2.07. The molecule has 0 spiro atoms. The van der Waals surface area contributed by atoms with E-state index in [1.807, 2.05) is 30.3 Å². The summed E-state index contributed by atoms with van der Waals surface area (Å²) >= 11 is 0. The number of rotatable bonds is 1. The van der Waals surface area contributed by atoms with Crippen LogP contribution in [0, 0.1) is 0 Å². The van der Waals surface area contributed by atoms with Crippen molar-refractivity contribution in [3.63, 3.8) is 0 Å². The van der Waals surface area contributed by atoms with Crippen LogP contribution in [0.25, 0.3) is 32.7 Å². The molecule has 1 heterocycles. The smallest absolute Gasteiger partial charge is 0.204 e. The summed E-state index contributed by atoms with van der Waals surface area (Å²) in [6, 6.07) is 14.4. The molecule has 0 aliphatic heterocycles.